The molecule has 1 aliphatic heterocycles. The maximum atomic E-state index is 11.5. The van der Waals surface area contributed by atoms with Gasteiger partial charge in [-0.25, -0.2) is 0 Å². The molecule has 1 fully saturated rings. The molecule has 0 bridgehead atoms. The molecule has 0 saturated carbocycles. The van der Waals surface area contributed by atoms with E-state index in [-0.39, 0.29) is 18.6 Å². The molecule has 0 aromatic rings. The fourth-order valence-electron chi connectivity index (χ4n) is 1.51. The Kier molecular flexibility index (Phi) is 4.89. The molecule has 0 aromatic heterocycles. The molecule has 1 heterocycles. The number of carbonyl (C=O) groups excluding carboxylic acids is 2. The van der Waals surface area contributed by atoms with Gasteiger partial charge in [0.05, 0.1) is 12.6 Å². The van der Waals surface area contributed by atoms with E-state index >= 15 is 0 Å². The number of ether oxygens (including phenoxy) is 1. The lowest BCUT2D eigenvalue weighted by molar-refractivity contribution is -0.138. The number of carbonyl (C=O) groups is 3. The van der Waals surface area contributed by atoms with Crippen molar-refractivity contribution in [1.29, 1.82) is 0 Å². The number of nitrogens with one attached hydrogen (secondary N) is 2. The summed E-state index contributed by atoms with van der Waals surface area (Å²) in [5.41, 5.74) is 0. The number of aliphatic carboxylic acids is 1. The Morgan fingerprint density at radius 2 is 1.94 bits per heavy atom. The average Bonchev–Trinajstić information content (AvgIpc) is 2.70. The molecule has 96 valence electrons. The Morgan fingerprint density at radius 1 is 1.24 bits per heavy atom. The Hall–Kier alpha value is -1.63. The van der Waals surface area contributed by atoms with E-state index in [1.165, 1.54) is 0 Å². The van der Waals surface area contributed by atoms with Gasteiger partial charge in [-0.15, -0.1) is 0 Å². The van der Waals surface area contributed by atoms with Gasteiger partial charge in [0.15, 0.2) is 0 Å². The van der Waals surface area contributed by atoms with E-state index in [2.05, 4.69) is 10.6 Å². The van der Waals surface area contributed by atoms with Crippen molar-refractivity contribution in [2.45, 2.75) is 32.0 Å². The third-order valence-electron chi connectivity index (χ3n) is 2.38. The minimum absolute atomic E-state index is 0.0617. The van der Waals surface area contributed by atoms with Crippen LogP contribution in [0.2, 0.25) is 0 Å². The summed E-state index contributed by atoms with van der Waals surface area (Å²) in [7, 11) is 0. The van der Waals surface area contributed by atoms with Crippen LogP contribution in [0.15, 0.2) is 0 Å². The maximum absolute atomic E-state index is 11.5. The van der Waals surface area contributed by atoms with E-state index in [0.29, 0.717) is 6.42 Å². The van der Waals surface area contributed by atoms with Gasteiger partial charge in [0.1, 0.15) is 12.6 Å². The number of hydrogen-bond acceptors (Lipinski definition) is 4. The first-order valence-electron chi connectivity index (χ1n) is 5.40. The molecular weight excluding hydrogens is 228 g/mol. The fraction of sp³-hybridized carbons (Fsp3) is 0.700. The highest BCUT2D eigenvalue weighted by Gasteiger charge is 2.28. The van der Waals surface area contributed by atoms with Crippen LogP contribution < -0.4 is 10.6 Å². The van der Waals surface area contributed by atoms with Crippen LogP contribution in [0.1, 0.15) is 19.8 Å². The summed E-state index contributed by atoms with van der Waals surface area (Å²) >= 11 is 0. The Labute approximate surface area is 98.5 Å². The maximum Gasteiger partial charge on any atom is 0.322 e. The van der Waals surface area contributed by atoms with Crippen molar-refractivity contribution >= 4 is 17.8 Å². The fourth-order valence-corrected chi connectivity index (χ4v) is 1.51. The van der Waals surface area contributed by atoms with Crippen LogP contribution in [-0.2, 0) is 19.1 Å². The SMILES string of the molecule is CC1CCC(C(=O)NCC(=O)NCC(=O)O)O1. The quantitative estimate of drug-likeness (QED) is 0.567. The average molecular weight is 244 g/mol. The van der Waals surface area contributed by atoms with Gasteiger partial charge >= 0.3 is 5.97 Å². The van der Waals surface area contributed by atoms with Gasteiger partial charge in [-0.1, -0.05) is 0 Å². The van der Waals surface area contributed by atoms with Crippen molar-refractivity contribution in [3.05, 3.63) is 0 Å². The molecule has 0 spiro atoms. The van der Waals surface area contributed by atoms with Crippen LogP contribution in [0.4, 0.5) is 0 Å². The third kappa shape index (κ3) is 4.81. The van der Waals surface area contributed by atoms with Crippen LogP contribution in [0.5, 0.6) is 0 Å². The Balaban J connectivity index is 2.19. The zero-order valence-electron chi connectivity index (χ0n) is 9.56. The summed E-state index contributed by atoms with van der Waals surface area (Å²) in [4.78, 5) is 32.8. The van der Waals surface area contributed by atoms with Crippen molar-refractivity contribution in [1.82, 2.24) is 10.6 Å². The lowest BCUT2D eigenvalue weighted by Gasteiger charge is -2.11. The number of rotatable bonds is 5. The number of amides is 2. The number of hydrogen-bond donors (Lipinski definition) is 3. The zero-order chi connectivity index (χ0) is 12.8. The Morgan fingerprint density at radius 3 is 2.47 bits per heavy atom. The van der Waals surface area contributed by atoms with Crippen LogP contribution in [0.25, 0.3) is 0 Å². The first-order valence-corrected chi connectivity index (χ1v) is 5.40. The third-order valence-corrected chi connectivity index (χ3v) is 2.38. The summed E-state index contributed by atoms with van der Waals surface area (Å²) in [5, 5.41) is 12.9. The van der Waals surface area contributed by atoms with Crippen LogP contribution >= 0.6 is 0 Å². The highest BCUT2D eigenvalue weighted by Crippen LogP contribution is 2.18. The molecule has 17 heavy (non-hydrogen) atoms. The summed E-state index contributed by atoms with van der Waals surface area (Å²) in [6.07, 6.45) is 1.02. The molecule has 3 N–H and O–H groups in total. The predicted octanol–water partition coefficient (Wildman–Crippen LogP) is -1.13. The number of carboxylic acids is 1. The summed E-state index contributed by atoms with van der Waals surface area (Å²) in [6, 6.07) is 0. The standard InChI is InChI=1S/C10H16N2O5/c1-6-2-3-7(17-6)10(16)12-4-8(13)11-5-9(14)15/h6-7H,2-5H2,1H3,(H,11,13)(H,12,16)(H,14,15). The molecule has 0 radical (unpaired) electrons. The van der Waals surface area contributed by atoms with Crippen LogP contribution in [-0.4, -0.2) is 48.2 Å². The summed E-state index contributed by atoms with van der Waals surface area (Å²) in [5.74, 6) is -2.00. The molecular formula is C10H16N2O5. The van der Waals surface area contributed by atoms with Gasteiger partial charge in [0.2, 0.25) is 11.8 Å². The van der Waals surface area contributed by atoms with Crippen LogP contribution in [0, 0.1) is 0 Å². The monoisotopic (exact) mass is 244 g/mol. The van der Waals surface area contributed by atoms with E-state index in [1.807, 2.05) is 6.92 Å². The largest absolute Gasteiger partial charge is 0.480 e. The lowest BCUT2D eigenvalue weighted by atomic mass is 10.2. The van der Waals surface area contributed by atoms with Crippen molar-refractivity contribution in [3.8, 4) is 0 Å². The zero-order valence-corrected chi connectivity index (χ0v) is 9.56. The summed E-state index contributed by atoms with van der Waals surface area (Å²) in [6.45, 7) is 1.19. The van der Waals surface area contributed by atoms with Crippen molar-refractivity contribution in [2.24, 2.45) is 0 Å². The second-order valence-corrected chi connectivity index (χ2v) is 3.90. The van der Waals surface area contributed by atoms with E-state index in [4.69, 9.17) is 9.84 Å². The molecule has 0 aliphatic carbocycles. The molecule has 1 aliphatic rings. The minimum Gasteiger partial charge on any atom is -0.480 e. The molecule has 7 heteroatoms. The van der Waals surface area contributed by atoms with Crippen LogP contribution in [0.3, 0.4) is 0 Å². The van der Waals surface area contributed by atoms with Crippen molar-refractivity contribution in [2.75, 3.05) is 13.1 Å². The van der Waals surface area contributed by atoms with Crippen molar-refractivity contribution < 1.29 is 24.2 Å². The second kappa shape index (κ2) is 6.19. The van der Waals surface area contributed by atoms with Gasteiger partial charge < -0.3 is 20.5 Å². The van der Waals surface area contributed by atoms with Gasteiger partial charge in [0.25, 0.3) is 0 Å². The second-order valence-electron chi connectivity index (χ2n) is 3.90. The van der Waals surface area contributed by atoms with E-state index in [1.54, 1.807) is 0 Å². The normalized spacial score (nSPS) is 23.1. The molecule has 7 nitrogen and oxygen atoms in total. The topological polar surface area (TPSA) is 105 Å². The molecule has 0 aromatic carbocycles. The lowest BCUT2D eigenvalue weighted by Crippen LogP contribution is -2.42. The van der Waals surface area contributed by atoms with Gasteiger partial charge in [-0.2, -0.15) is 0 Å². The van der Waals surface area contributed by atoms with Gasteiger partial charge in [-0.05, 0) is 19.8 Å². The first kappa shape index (κ1) is 13.4. The van der Waals surface area contributed by atoms with Gasteiger partial charge in [-0.3, -0.25) is 14.4 Å². The summed E-state index contributed by atoms with van der Waals surface area (Å²) < 4.78 is 5.32. The first-order chi connectivity index (χ1) is 7.99. The number of carboxylic acid groups (broad SMARTS) is 1. The predicted molar refractivity (Wildman–Crippen MR) is 57.2 cm³/mol. The highest BCUT2D eigenvalue weighted by atomic mass is 16.5. The molecule has 2 atom stereocenters. The van der Waals surface area contributed by atoms with E-state index in [9.17, 15) is 14.4 Å². The van der Waals surface area contributed by atoms with Gasteiger partial charge in [0, 0.05) is 0 Å². The minimum atomic E-state index is -1.13. The molecule has 2 unspecified atom stereocenters. The Bertz CT molecular complexity index is 318. The molecule has 1 saturated heterocycles. The smallest absolute Gasteiger partial charge is 0.322 e. The molecule has 1 rings (SSSR count). The van der Waals surface area contributed by atoms with Crippen molar-refractivity contribution in [3.63, 3.8) is 0 Å². The highest BCUT2D eigenvalue weighted by molar-refractivity contribution is 5.88. The van der Waals surface area contributed by atoms with E-state index in [0.717, 1.165) is 6.42 Å². The van der Waals surface area contributed by atoms with E-state index < -0.39 is 24.5 Å². The molecule has 2 amide bonds.